The number of hydrogen-bond donors (Lipinski definition) is 1. The van der Waals surface area contributed by atoms with Crippen molar-refractivity contribution in [2.24, 2.45) is 7.05 Å². The quantitative estimate of drug-likeness (QED) is 0.785. The summed E-state index contributed by atoms with van der Waals surface area (Å²) in [6, 6.07) is 4.50. The van der Waals surface area contributed by atoms with E-state index < -0.39 is 5.82 Å². The molecule has 3 rings (SSSR count). The maximum Gasteiger partial charge on any atom is 0.165 e. The van der Waals surface area contributed by atoms with Gasteiger partial charge in [0.1, 0.15) is 16.7 Å². The minimum absolute atomic E-state index is 0.163. The molecule has 3 aromatic rings. The summed E-state index contributed by atoms with van der Waals surface area (Å²) >= 11 is 3.39. The Morgan fingerprint density at radius 1 is 1.33 bits per heavy atom. The molecular formula is C13H11BrFN5O. The molecule has 0 amide bonds. The van der Waals surface area contributed by atoms with Crippen molar-refractivity contribution in [1.82, 2.24) is 19.7 Å². The molecule has 1 N–H and O–H groups in total. The second-order valence-electron chi connectivity index (χ2n) is 4.31. The van der Waals surface area contributed by atoms with Gasteiger partial charge in [-0.3, -0.25) is 0 Å². The minimum Gasteiger partial charge on any atom is -0.494 e. The second kappa shape index (κ2) is 5.28. The Hall–Kier alpha value is -2.22. The average molecular weight is 352 g/mol. The summed E-state index contributed by atoms with van der Waals surface area (Å²) in [4.78, 5) is 8.40. The Morgan fingerprint density at radius 3 is 2.90 bits per heavy atom. The summed E-state index contributed by atoms with van der Waals surface area (Å²) in [5.74, 6) is 0.322. The van der Waals surface area contributed by atoms with E-state index in [1.54, 1.807) is 23.9 Å². The largest absolute Gasteiger partial charge is 0.494 e. The second-order valence-corrected chi connectivity index (χ2v) is 5.06. The SMILES string of the molecule is COc1cc(Nc2ncnc3c2c(Br)nn3C)ccc1F. The van der Waals surface area contributed by atoms with Gasteiger partial charge in [-0.2, -0.15) is 5.10 Å². The average Bonchev–Trinajstić information content (AvgIpc) is 2.77. The van der Waals surface area contributed by atoms with Gasteiger partial charge in [-0.25, -0.2) is 19.0 Å². The van der Waals surface area contributed by atoms with Gasteiger partial charge in [-0.05, 0) is 28.1 Å². The highest BCUT2D eigenvalue weighted by atomic mass is 79.9. The molecule has 6 nitrogen and oxygen atoms in total. The lowest BCUT2D eigenvalue weighted by Crippen LogP contribution is -1.98. The van der Waals surface area contributed by atoms with Gasteiger partial charge < -0.3 is 10.1 Å². The summed E-state index contributed by atoms with van der Waals surface area (Å²) < 4.78 is 20.7. The lowest BCUT2D eigenvalue weighted by atomic mass is 10.2. The first-order valence-corrected chi connectivity index (χ1v) is 6.83. The number of nitrogens with zero attached hydrogens (tertiary/aromatic N) is 4. The van der Waals surface area contributed by atoms with Crippen LogP contribution >= 0.6 is 15.9 Å². The minimum atomic E-state index is -0.418. The molecule has 2 aromatic heterocycles. The highest BCUT2D eigenvalue weighted by Gasteiger charge is 2.14. The molecule has 0 atom stereocenters. The Bertz CT molecular complexity index is 820. The predicted octanol–water partition coefficient (Wildman–Crippen LogP) is 3.02. The fourth-order valence-electron chi connectivity index (χ4n) is 2.01. The van der Waals surface area contributed by atoms with Crippen molar-refractivity contribution in [1.29, 1.82) is 0 Å². The van der Waals surface area contributed by atoms with Crippen molar-refractivity contribution >= 4 is 38.5 Å². The molecule has 1 aromatic carbocycles. The molecule has 0 aliphatic heterocycles. The molecule has 108 valence electrons. The van der Waals surface area contributed by atoms with Gasteiger partial charge in [0.05, 0.1) is 12.5 Å². The van der Waals surface area contributed by atoms with E-state index in [-0.39, 0.29) is 5.75 Å². The lowest BCUT2D eigenvalue weighted by molar-refractivity contribution is 0.387. The molecule has 2 heterocycles. The normalized spacial score (nSPS) is 10.9. The van der Waals surface area contributed by atoms with Crippen molar-refractivity contribution in [3.8, 4) is 5.75 Å². The molecule has 0 fully saturated rings. The molecule has 0 saturated heterocycles. The number of benzene rings is 1. The van der Waals surface area contributed by atoms with Crippen LogP contribution in [-0.4, -0.2) is 26.9 Å². The standard InChI is InChI=1S/C13H11BrFN5O/c1-20-13-10(11(14)19-20)12(16-6-17-13)18-7-3-4-8(15)9(5-7)21-2/h3-6H,1-2H3,(H,16,17,18). The number of hydrogen-bond acceptors (Lipinski definition) is 5. The fourth-order valence-corrected chi connectivity index (χ4v) is 2.61. The number of anilines is 2. The molecule has 0 bridgehead atoms. The maximum absolute atomic E-state index is 13.4. The molecule has 0 saturated carbocycles. The highest BCUT2D eigenvalue weighted by Crippen LogP contribution is 2.30. The smallest absolute Gasteiger partial charge is 0.165 e. The van der Waals surface area contributed by atoms with Crippen LogP contribution in [0.15, 0.2) is 29.1 Å². The Morgan fingerprint density at radius 2 is 2.14 bits per heavy atom. The van der Waals surface area contributed by atoms with E-state index in [1.165, 1.54) is 19.5 Å². The summed E-state index contributed by atoms with van der Waals surface area (Å²) in [5, 5.41) is 8.12. The molecule has 0 unspecified atom stereocenters. The van der Waals surface area contributed by atoms with E-state index in [9.17, 15) is 4.39 Å². The zero-order chi connectivity index (χ0) is 15.0. The van der Waals surface area contributed by atoms with Gasteiger partial charge in [-0.15, -0.1) is 0 Å². The number of nitrogens with one attached hydrogen (secondary N) is 1. The first-order valence-electron chi connectivity index (χ1n) is 6.04. The first kappa shape index (κ1) is 13.7. The van der Waals surface area contributed by atoms with Gasteiger partial charge in [0, 0.05) is 18.8 Å². The fraction of sp³-hybridized carbons (Fsp3) is 0.154. The first-order chi connectivity index (χ1) is 10.1. The van der Waals surface area contributed by atoms with Gasteiger partial charge in [0.25, 0.3) is 0 Å². The summed E-state index contributed by atoms with van der Waals surface area (Å²) in [7, 11) is 3.22. The van der Waals surface area contributed by atoms with E-state index in [2.05, 4.69) is 36.3 Å². The summed E-state index contributed by atoms with van der Waals surface area (Å²) in [6.07, 6.45) is 1.44. The van der Waals surface area contributed by atoms with Crippen LogP contribution in [0.2, 0.25) is 0 Å². The predicted molar refractivity (Wildman–Crippen MR) is 80.2 cm³/mol. The van der Waals surface area contributed by atoms with Gasteiger partial charge in [-0.1, -0.05) is 0 Å². The van der Waals surface area contributed by atoms with Gasteiger partial charge >= 0.3 is 0 Å². The number of fused-ring (bicyclic) bond motifs is 1. The number of rotatable bonds is 3. The Labute approximate surface area is 128 Å². The molecule has 0 aliphatic rings. The number of halogens is 2. The van der Waals surface area contributed by atoms with Crippen LogP contribution in [0.1, 0.15) is 0 Å². The van der Waals surface area contributed by atoms with Crippen LogP contribution < -0.4 is 10.1 Å². The van der Waals surface area contributed by atoms with Crippen molar-refractivity contribution in [3.05, 3.63) is 34.9 Å². The van der Waals surface area contributed by atoms with E-state index >= 15 is 0 Å². The highest BCUT2D eigenvalue weighted by molar-refractivity contribution is 9.10. The third-order valence-electron chi connectivity index (χ3n) is 2.99. The summed E-state index contributed by atoms with van der Waals surface area (Å²) in [6.45, 7) is 0. The van der Waals surface area contributed by atoms with Crippen LogP contribution in [0.3, 0.4) is 0 Å². The van der Waals surface area contributed by atoms with E-state index in [0.717, 1.165) is 5.39 Å². The van der Waals surface area contributed by atoms with Crippen LogP contribution in [0, 0.1) is 5.82 Å². The molecule has 21 heavy (non-hydrogen) atoms. The zero-order valence-electron chi connectivity index (χ0n) is 11.3. The van der Waals surface area contributed by atoms with E-state index in [1.807, 2.05) is 0 Å². The van der Waals surface area contributed by atoms with Crippen LogP contribution in [0.5, 0.6) is 5.75 Å². The van der Waals surface area contributed by atoms with Crippen LogP contribution in [0.25, 0.3) is 11.0 Å². The lowest BCUT2D eigenvalue weighted by Gasteiger charge is -2.08. The van der Waals surface area contributed by atoms with Crippen LogP contribution in [-0.2, 0) is 7.05 Å². The number of methoxy groups -OCH3 is 1. The maximum atomic E-state index is 13.4. The van der Waals surface area contributed by atoms with Crippen molar-refractivity contribution in [2.75, 3.05) is 12.4 Å². The number of aromatic nitrogens is 4. The van der Waals surface area contributed by atoms with E-state index in [4.69, 9.17) is 4.74 Å². The van der Waals surface area contributed by atoms with Gasteiger partial charge in [0.15, 0.2) is 17.2 Å². The van der Waals surface area contributed by atoms with Gasteiger partial charge in [0.2, 0.25) is 0 Å². The Kier molecular flexibility index (Phi) is 3.46. The van der Waals surface area contributed by atoms with Crippen molar-refractivity contribution in [3.63, 3.8) is 0 Å². The zero-order valence-corrected chi connectivity index (χ0v) is 12.8. The van der Waals surface area contributed by atoms with Crippen molar-refractivity contribution in [2.45, 2.75) is 0 Å². The molecular weight excluding hydrogens is 341 g/mol. The monoisotopic (exact) mass is 351 g/mol. The Balaban J connectivity index is 2.06. The van der Waals surface area contributed by atoms with E-state index in [0.29, 0.717) is 21.8 Å². The third-order valence-corrected chi connectivity index (χ3v) is 3.55. The summed E-state index contributed by atoms with van der Waals surface area (Å²) in [5.41, 5.74) is 1.34. The van der Waals surface area contributed by atoms with Crippen molar-refractivity contribution < 1.29 is 9.13 Å². The molecule has 0 aliphatic carbocycles. The number of ether oxygens (including phenoxy) is 1. The topological polar surface area (TPSA) is 64.9 Å². The molecule has 8 heteroatoms. The number of aryl methyl sites for hydroxylation is 1. The molecule has 0 spiro atoms. The van der Waals surface area contributed by atoms with Crippen LogP contribution in [0.4, 0.5) is 15.9 Å². The molecule has 0 radical (unpaired) electrons. The third kappa shape index (κ3) is 2.42.